The van der Waals surface area contributed by atoms with Crippen LogP contribution in [-0.4, -0.2) is 16.1 Å². The number of aryl methyl sites for hydroxylation is 2. The van der Waals surface area contributed by atoms with E-state index in [-0.39, 0.29) is 6.04 Å². The first kappa shape index (κ1) is 16.1. The first-order valence-corrected chi connectivity index (χ1v) is 8.03. The fraction of sp³-hybridized carbons (Fsp3) is 0.471. The van der Waals surface area contributed by atoms with Gasteiger partial charge in [-0.25, -0.2) is 4.98 Å². The van der Waals surface area contributed by atoms with Crippen molar-refractivity contribution < 1.29 is 0 Å². The number of imidazole rings is 1. The molecule has 0 aliphatic carbocycles. The average molecular weight is 306 g/mol. The summed E-state index contributed by atoms with van der Waals surface area (Å²) in [6.45, 7) is 8.32. The Morgan fingerprint density at radius 1 is 1.33 bits per heavy atom. The van der Waals surface area contributed by atoms with E-state index < -0.39 is 0 Å². The van der Waals surface area contributed by atoms with Gasteiger partial charge in [0.25, 0.3) is 0 Å². The largest absolute Gasteiger partial charge is 0.335 e. The number of aromatic nitrogens is 2. The molecule has 2 rings (SSSR count). The van der Waals surface area contributed by atoms with Crippen LogP contribution in [0, 0.1) is 6.92 Å². The Balaban J connectivity index is 2.22. The van der Waals surface area contributed by atoms with Gasteiger partial charge >= 0.3 is 0 Å². The van der Waals surface area contributed by atoms with E-state index in [2.05, 4.69) is 47.0 Å². The SMILES string of the molecule is CCCn1ccnc1CC(NCC)c1ccc(Cl)c(C)c1. The third-order valence-corrected chi connectivity index (χ3v) is 4.11. The Morgan fingerprint density at radius 3 is 2.81 bits per heavy atom. The topological polar surface area (TPSA) is 29.9 Å². The van der Waals surface area contributed by atoms with E-state index >= 15 is 0 Å². The summed E-state index contributed by atoms with van der Waals surface area (Å²) in [5.74, 6) is 1.13. The second kappa shape index (κ2) is 7.62. The molecule has 1 aromatic heterocycles. The van der Waals surface area contributed by atoms with Crippen molar-refractivity contribution in [1.29, 1.82) is 0 Å². The molecule has 0 aliphatic heterocycles. The number of hydrogen-bond acceptors (Lipinski definition) is 2. The normalized spacial score (nSPS) is 12.6. The second-order valence-electron chi connectivity index (χ2n) is 5.36. The second-order valence-corrected chi connectivity index (χ2v) is 5.77. The fourth-order valence-corrected chi connectivity index (χ4v) is 2.71. The molecule has 21 heavy (non-hydrogen) atoms. The summed E-state index contributed by atoms with van der Waals surface area (Å²) < 4.78 is 2.24. The molecule has 1 heterocycles. The van der Waals surface area contributed by atoms with E-state index in [9.17, 15) is 0 Å². The Morgan fingerprint density at radius 2 is 2.14 bits per heavy atom. The van der Waals surface area contributed by atoms with E-state index in [1.807, 2.05) is 19.2 Å². The van der Waals surface area contributed by atoms with Gasteiger partial charge in [-0.1, -0.05) is 37.6 Å². The number of nitrogens with zero attached hydrogens (tertiary/aromatic N) is 2. The van der Waals surface area contributed by atoms with Crippen LogP contribution in [-0.2, 0) is 13.0 Å². The van der Waals surface area contributed by atoms with Gasteiger partial charge in [-0.05, 0) is 37.1 Å². The van der Waals surface area contributed by atoms with Crippen molar-refractivity contribution in [2.45, 2.75) is 46.2 Å². The Kier molecular flexibility index (Phi) is 5.83. The number of likely N-dealkylation sites (N-methyl/N-ethyl adjacent to an activating group) is 1. The van der Waals surface area contributed by atoms with Crippen molar-refractivity contribution in [3.63, 3.8) is 0 Å². The van der Waals surface area contributed by atoms with Gasteiger partial charge in [0.05, 0.1) is 0 Å². The zero-order valence-corrected chi connectivity index (χ0v) is 13.8. The van der Waals surface area contributed by atoms with Crippen molar-refractivity contribution in [3.05, 3.63) is 52.6 Å². The minimum atomic E-state index is 0.268. The third kappa shape index (κ3) is 4.08. The molecule has 0 amide bonds. The molecule has 1 N–H and O–H groups in total. The average Bonchev–Trinajstić information content (AvgIpc) is 2.89. The number of rotatable bonds is 7. The van der Waals surface area contributed by atoms with Crippen LogP contribution in [0.2, 0.25) is 5.02 Å². The van der Waals surface area contributed by atoms with Gasteiger partial charge in [-0.15, -0.1) is 0 Å². The summed E-state index contributed by atoms with van der Waals surface area (Å²) in [7, 11) is 0. The molecule has 1 unspecified atom stereocenters. The highest BCUT2D eigenvalue weighted by Gasteiger charge is 2.15. The molecule has 3 nitrogen and oxygen atoms in total. The first-order chi connectivity index (χ1) is 10.2. The molecule has 0 aliphatic rings. The van der Waals surface area contributed by atoms with E-state index in [4.69, 9.17) is 11.6 Å². The van der Waals surface area contributed by atoms with E-state index in [1.54, 1.807) is 0 Å². The molecule has 114 valence electrons. The van der Waals surface area contributed by atoms with Crippen LogP contribution in [0.1, 0.15) is 43.3 Å². The zero-order valence-electron chi connectivity index (χ0n) is 13.1. The molecule has 0 radical (unpaired) electrons. The van der Waals surface area contributed by atoms with Gasteiger partial charge in [-0.2, -0.15) is 0 Å². The lowest BCUT2D eigenvalue weighted by Crippen LogP contribution is -2.24. The molecular formula is C17H24ClN3. The maximum atomic E-state index is 6.13. The lowest BCUT2D eigenvalue weighted by molar-refractivity contribution is 0.516. The summed E-state index contributed by atoms with van der Waals surface area (Å²) in [4.78, 5) is 4.52. The number of benzene rings is 1. The van der Waals surface area contributed by atoms with Crippen molar-refractivity contribution in [2.75, 3.05) is 6.54 Å². The van der Waals surface area contributed by atoms with E-state index in [0.717, 1.165) is 42.3 Å². The van der Waals surface area contributed by atoms with Crippen molar-refractivity contribution >= 4 is 11.6 Å². The molecule has 0 fully saturated rings. The highest BCUT2D eigenvalue weighted by Crippen LogP contribution is 2.23. The molecule has 2 aromatic rings. The molecule has 0 saturated heterocycles. The molecule has 0 spiro atoms. The lowest BCUT2D eigenvalue weighted by atomic mass is 10.0. The summed E-state index contributed by atoms with van der Waals surface area (Å²) >= 11 is 6.13. The minimum absolute atomic E-state index is 0.268. The lowest BCUT2D eigenvalue weighted by Gasteiger charge is -2.19. The number of halogens is 1. The van der Waals surface area contributed by atoms with Crippen LogP contribution in [0.15, 0.2) is 30.6 Å². The van der Waals surface area contributed by atoms with Crippen molar-refractivity contribution in [1.82, 2.24) is 14.9 Å². The minimum Gasteiger partial charge on any atom is -0.335 e. The van der Waals surface area contributed by atoms with Crippen LogP contribution in [0.5, 0.6) is 0 Å². The van der Waals surface area contributed by atoms with Gasteiger partial charge in [0.2, 0.25) is 0 Å². The Labute approximate surface area is 132 Å². The predicted octanol–water partition coefficient (Wildman–Crippen LogP) is 4.15. The first-order valence-electron chi connectivity index (χ1n) is 7.65. The maximum absolute atomic E-state index is 6.13. The summed E-state index contributed by atoms with van der Waals surface area (Å²) in [5, 5.41) is 4.38. The Hall–Kier alpha value is -1.32. The highest BCUT2D eigenvalue weighted by molar-refractivity contribution is 6.31. The third-order valence-electron chi connectivity index (χ3n) is 3.69. The Bertz CT molecular complexity index is 577. The molecular weight excluding hydrogens is 282 g/mol. The van der Waals surface area contributed by atoms with Crippen LogP contribution >= 0.6 is 11.6 Å². The van der Waals surface area contributed by atoms with Gasteiger partial charge in [-0.3, -0.25) is 0 Å². The standard InChI is InChI=1S/C17H24ClN3/c1-4-9-21-10-8-20-17(21)12-16(19-5-2)14-6-7-15(18)13(3)11-14/h6-8,10-11,16,19H,4-5,9,12H2,1-3H3. The smallest absolute Gasteiger partial charge is 0.110 e. The maximum Gasteiger partial charge on any atom is 0.110 e. The van der Waals surface area contributed by atoms with Gasteiger partial charge in [0.15, 0.2) is 0 Å². The fourth-order valence-electron chi connectivity index (χ4n) is 2.60. The summed E-state index contributed by atoms with van der Waals surface area (Å²) in [6.07, 6.45) is 5.97. The summed E-state index contributed by atoms with van der Waals surface area (Å²) in [6, 6.07) is 6.53. The molecule has 1 atom stereocenters. The number of nitrogens with one attached hydrogen (secondary N) is 1. The molecule has 1 aromatic carbocycles. The van der Waals surface area contributed by atoms with Crippen LogP contribution in [0.3, 0.4) is 0 Å². The highest BCUT2D eigenvalue weighted by atomic mass is 35.5. The molecule has 0 bridgehead atoms. The summed E-state index contributed by atoms with van der Waals surface area (Å²) in [5.41, 5.74) is 2.39. The van der Waals surface area contributed by atoms with Crippen molar-refractivity contribution in [3.8, 4) is 0 Å². The number of hydrogen-bond donors (Lipinski definition) is 1. The molecule has 4 heteroatoms. The van der Waals surface area contributed by atoms with Crippen LogP contribution in [0.25, 0.3) is 0 Å². The quantitative estimate of drug-likeness (QED) is 0.833. The van der Waals surface area contributed by atoms with Crippen LogP contribution in [0.4, 0.5) is 0 Å². The van der Waals surface area contributed by atoms with E-state index in [1.165, 1.54) is 5.56 Å². The van der Waals surface area contributed by atoms with Crippen LogP contribution < -0.4 is 5.32 Å². The van der Waals surface area contributed by atoms with Gasteiger partial charge in [0, 0.05) is 36.4 Å². The van der Waals surface area contributed by atoms with E-state index in [0.29, 0.717) is 0 Å². The molecule has 0 saturated carbocycles. The van der Waals surface area contributed by atoms with Gasteiger partial charge in [0.1, 0.15) is 5.82 Å². The van der Waals surface area contributed by atoms with Gasteiger partial charge < -0.3 is 9.88 Å². The predicted molar refractivity (Wildman–Crippen MR) is 88.8 cm³/mol. The van der Waals surface area contributed by atoms with Crippen molar-refractivity contribution in [2.24, 2.45) is 0 Å². The zero-order chi connectivity index (χ0) is 15.2. The monoisotopic (exact) mass is 305 g/mol.